The van der Waals surface area contributed by atoms with Crippen LogP contribution in [0.15, 0.2) is 42.7 Å². The van der Waals surface area contributed by atoms with Crippen LogP contribution in [-0.4, -0.2) is 4.98 Å². The number of rotatable bonds is 1. The Hall–Kier alpha value is -1.63. The second kappa shape index (κ2) is 3.62. The molecule has 0 aliphatic rings. The SMILES string of the molecule is Cc1cccc(C)c1-c1cccnc1. The first kappa shape index (κ1) is 8.95. The fourth-order valence-electron chi connectivity index (χ4n) is 1.78. The van der Waals surface area contributed by atoms with Crippen molar-refractivity contribution in [1.29, 1.82) is 0 Å². The van der Waals surface area contributed by atoms with Gasteiger partial charge in [-0.3, -0.25) is 4.98 Å². The molecule has 1 nitrogen and oxygen atoms in total. The van der Waals surface area contributed by atoms with Gasteiger partial charge in [-0.2, -0.15) is 0 Å². The molecule has 0 amide bonds. The Kier molecular flexibility index (Phi) is 2.32. The van der Waals surface area contributed by atoms with E-state index in [0.29, 0.717) is 0 Å². The molecule has 0 unspecified atom stereocenters. The highest BCUT2D eigenvalue weighted by Crippen LogP contribution is 2.25. The number of hydrogen-bond donors (Lipinski definition) is 0. The zero-order valence-corrected chi connectivity index (χ0v) is 8.49. The van der Waals surface area contributed by atoms with E-state index in [2.05, 4.69) is 43.1 Å². The van der Waals surface area contributed by atoms with Crippen LogP contribution in [0, 0.1) is 13.8 Å². The number of nitrogens with zero attached hydrogens (tertiary/aromatic N) is 1. The Balaban J connectivity index is 2.63. The summed E-state index contributed by atoms with van der Waals surface area (Å²) in [7, 11) is 0. The molecule has 0 saturated heterocycles. The van der Waals surface area contributed by atoms with Crippen LogP contribution in [0.1, 0.15) is 11.1 Å². The third-order valence-corrected chi connectivity index (χ3v) is 2.43. The third kappa shape index (κ3) is 1.53. The summed E-state index contributed by atoms with van der Waals surface area (Å²) in [5.41, 5.74) is 5.11. The summed E-state index contributed by atoms with van der Waals surface area (Å²) >= 11 is 0. The molecule has 0 aliphatic heterocycles. The Morgan fingerprint density at radius 2 is 1.64 bits per heavy atom. The zero-order valence-electron chi connectivity index (χ0n) is 8.49. The summed E-state index contributed by atoms with van der Waals surface area (Å²) in [6.45, 7) is 4.27. The largest absolute Gasteiger partial charge is 0.264 e. The molecule has 0 N–H and O–H groups in total. The molecular weight excluding hydrogens is 170 g/mol. The molecule has 0 atom stereocenters. The Morgan fingerprint density at radius 3 is 2.21 bits per heavy atom. The number of pyridine rings is 1. The van der Waals surface area contributed by atoms with Gasteiger partial charge in [-0.15, -0.1) is 0 Å². The van der Waals surface area contributed by atoms with E-state index in [9.17, 15) is 0 Å². The second-order valence-corrected chi connectivity index (χ2v) is 3.51. The van der Waals surface area contributed by atoms with Crippen molar-refractivity contribution in [2.45, 2.75) is 13.8 Å². The molecule has 2 aromatic rings. The minimum Gasteiger partial charge on any atom is -0.264 e. The smallest absolute Gasteiger partial charge is 0.0346 e. The van der Waals surface area contributed by atoms with E-state index >= 15 is 0 Å². The number of aryl methyl sites for hydroxylation is 2. The molecule has 0 fully saturated rings. The van der Waals surface area contributed by atoms with E-state index in [-0.39, 0.29) is 0 Å². The molecule has 0 saturated carbocycles. The first-order valence-electron chi connectivity index (χ1n) is 4.75. The van der Waals surface area contributed by atoms with Crippen molar-refractivity contribution in [1.82, 2.24) is 4.98 Å². The van der Waals surface area contributed by atoms with Crippen LogP contribution in [0.4, 0.5) is 0 Å². The van der Waals surface area contributed by atoms with Crippen LogP contribution in [0.3, 0.4) is 0 Å². The van der Waals surface area contributed by atoms with Crippen LogP contribution >= 0.6 is 0 Å². The molecule has 0 aliphatic carbocycles. The number of hydrogen-bond acceptors (Lipinski definition) is 1. The molecule has 1 aromatic carbocycles. The summed E-state index contributed by atoms with van der Waals surface area (Å²) in [4.78, 5) is 4.14. The van der Waals surface area contributed by atoms with Crippen molar-refractivity contribution in [3.05, 3.63) is 53.9 Å². The average Bonchev–Trinajstić information content (AvgIpc) is 2.19. The lowest BCUT2D eigenvalue weighted by molar-refractivity contribution is 1.30. The van der Waals surface area contributed by atoms with Crippen LogP contribution in [0.5, 0.6) is 0 Å². The predicted molar refractivity (Wildman–Crippen MR) is 59.1 cm³/mol. The summed E-state index contributed by atoms with van der Waals surface area (Å²) in [6, 6.07) is 10.4. The quantitative estimate of drug-likeness (QED) is 0.660. The van der Waals surface area contributed by atoms with E-state index in [1.807, 2.05) is 12.3 Å². The normalized spacial score (nSPS) is 10.1. The van der Waals surface area contributed by atoms with Gasteiger partial charge in [0.25, 0.3) is 0 Å². The Labute approximate surface area is 84.4 Å². The minimum atomic E-state index is 1.20. The fraction of sp³-hybridized carbons (Fsp3) is 0.154. The van der Waals surface area contributed by atoms with E-state index in [1.165, 1.54) is 22.3 Å². The molecule has 0 radical (unpaired) electrons. The molecule has 70 valence electrons. The van der Waals surface area contributed by atoms with Gasteiger partial charge in [0.05, 0.1) is 0 Å². The lowest BCUT2D eigenvalue weighted by Gasteiger charge is -2.08. The lowest BCUT2D eigenvalue weighted by atomic mass is 9.97. The van der Waals surface area contributed by atoms with Crippen LogP contribution in [0.2, 0.25) is 0 Å². The molecule has 14 heavy (non-hydrogen) atoms. The van der Waals surface area contributed by atoms with E-state index in [0.717, 1.165) is 0 Å². The van der Waals surface area contributed by atoms with Crippen molar-refractivity contribution in [3.63, 3.8) is 0 Å². The first-order valence-corrected chi connectivity index (χ1v) is 4.75. The maximum atomic E-state index is 4.14. The minimum absolute atomic E-state index is 1.20. The summed E-state index contributed by atoms with van der Waals surface area (Å²) in [5.74, 6) is 0. The zero-order chi connectivity index (χ0) is 9.97. The molecule has 1 heteroatoms. The average molecular weight is 183 g/mol. The van der Waals surface area contributed by atoms with Crippen molar-refractivity contribution in [3.8, 4) is 11.1 Å². The molecule has 0 bridgehead atoms. The van der Waals surface area contributed by atoms with Crippen LogP contribution < -0.4 is 0 Å². The van der Waals surface area contributed by atoms with Gasteiger partial charge in [-0.25, -0.2) is 0 Å². The number of benzene rings is 1. The summed E-state index contributed by atoms with van der Waals surface area (Å²) in [5, 5.41) is 0. The van der Waals surface area contributed by atoms with Gasteiger partial charge >= 0.3 is 0 Å². The van der Waals surface area contributed by atoms with Gasteiger partial charge in [0.2, 0.25) is 0 Å². The molecule has 1 heterocycles. The Bertz CT molecular complexity index is 412. The van der Waals surface area contributed by atoms with Crippen LogP contribution in [-0.2, 0) is 0 Å². The van der Waals surface area contributed by atoms with Gasteiger partial charge in [0, 0.05) is 18.0 Å². The second-order valence-electron chi connectivity index (χ2n) is 3.51. The van der Waals surface area contributed by atoms with Gasteiger partial charge < -0.3 is 0 Å². The third-order valence-electron chi connectivity index (χ3n) is 2.43. The standard InChI is InChI=1S/C13H13N/c1-10-5-3-6-11(2)13(10)12-7-4-8-14-9-12/h3-9H,1-2H3. The Morgan fingerprint density at radius 1 is 0.929 bits per heavy atom. The van der Waals surface area contributed by atoms with E-state index in [4.69, 9.17) is 0 Å². The number of aromatic nitrogens is 1. The van der Waals surface area contributed by atoms with Crippen molar-refractivity contribution < 1.29 is 0 Å². The van der Waals surface area contributed by atoms with Gasteiger partial charge in [0.1, 0.15) is 0 Å². The lowest BCUT2D eigenvalue weighted by Crippen LogP contribution is -1.87. The molecule has 0 spiro atoms. The maximum absolute atomic E-state index is 4.14. The molecular formula is C13H13N. The van der Waals surface area contributed by atoms with Crippen molar-refractivity contribution in [2.24, 2.45) is 0 Å². The van der Waals surface area contributed by atoms with Crippen LogP contribution in [0.25, 0.3) is 11.1 Å². The van der Waals surface area contributed by atoms with Gasteiger partial charge in [-0.05, 0) is 36.6 Å². The van der Waals surface area contributed by atoms with Crippen molar-refractivity contribution >= 4 is 0 Å². The highest BCUT2D eigenvalue weighted by atomic mass is 14.6. The summed E-state index contributed by atoms with van der Waals surface area (Å²) in [6.07, 6.45) is 3.71. The molecule has 2 rings (SSSR count). The van der Waals surface area contributed by atoms with E-state index < -0.39 is 0 Å². The highest BCUT2D eigenvalue weighted by Gasteiger charge is 2.03. The van der Waals surface area contributed by atoms with Crippen molar-refractivity contribution in [2.75, 3.05) is 0 Å². The summed E-state index contributed by atoms with van der Waals surface area (Å²) < 4.78 is 0. The van der Waals surface area contributed by atoms with Gasteiger partial charge in [0.15, 0.2) is 0 Å². The van der Waals surface area contributed by atoms with Gasteiger partial charge in [-0.1, -0.05) is 24.3 Å². The maximum Gasteiger partial charge on any atom is 0.0346 e. The highest BCUT2D eigenvalue weighted by molar-refractivity contribution is 5.69. The topological polar surface area (TPSA) is 12.9 Å². The molecule has 1 aromatic heterocycles. The predicted octanol–water partition coefficient (Wildman–Crippen LogP) is 3.37. The fourth-order valence-corrected chi connectivity index (χ4v) is 1.78. The monoisotopic (exact) mass is 183 g/mol. The first-order chi connectivity index (χ1) is 6.79. The van der Waals surface area contributed by atoms with E-state index in [1.54, 1.807) is 6.20 Å².